The van der Waals surface area contributed by atoms with E-state index in [0.717, 1.165) is 47.9 Å². The number of carbonyl (C=O) groups excluding carboxylic acids is 2. The van der Waals surface area contributed by atoms with Crippen molar-refractivity contribution >= 4 is 24.4 Å². The highest BCUT2D eigenvalue weighted by atomic mass is 16.5. The van der Waals surface area contributed by atoms with Gasteiger partial charge in [0.2, 0.25) is 0 Å². The number of nitrogens with one attached hydrogen (secondary N) is 1. The third-order valence-corrected chi connectivity index (χ3v) is 4.93. The van der Waals surface area contributed by atoms with E-state index in [1.807, 2.05) is 74.5 Å². The van der Waals surface area contributed by atoms with E-state index >= 15 is 0 Å². The van der Waals surface area contributed by atoms with Crippen LogP contribution in [0.4, 0.5) is 0 Å². The number of aldehydes is 1. The van der Waals surface area contributed by atoms with Gasteiger partial charge < -0.3 is 10.1 Å². The number of allylic oxidation sites excluding steroid dienone is 2. The van der Waals surface area contributed by atoms with Crippen molar-refractivity contribution in [1.29, 1.82) is 0 Å². The van der Waals surface area contributed by atoms with Crippen LogP contribution < -0.4 is 10.1 Å². The Labute approximate surface area is 172 Å². The highest BCUT2D eigenvalue weighted by Crippen LogP contribution is 2.28. The molecule has 2 aromatic carbocycles. The molecule has 150 valence electrons. The maximum atomic E-state index is 12.6. The second-order valence-electron chi connectivity index (χ2n) is 7.50. The van der Waals surface area contributed by atoms with Gasteiger partial charge in [-0.25, -0.2) is 4.79 Å². The van der Waals surface area contributed by atoms with E-state index in [1.54, 1.807) is 0 Å². The van der Waals surface area contributed by atoms with E-state index in [1.165, 1.54) is 0 Å². The summed E-state index contributed by atoms with van der Waals surface area (Å²) in [7, 11) is 0. The summed E-state index contributed by atoms with van der Waals surface area (Å²) < 4.78 is 5.77. The van der Waals surface area contributed by atoms with Crippen LogP contribution in [0.2, 0.25) is 0 Å². The standard InChI is InChI=1S/C25H27NO3/c1-18(2)10-13-22-21(17-27)15-20(12-11-19-7-4-3-5-8-19)16-24(22)29-25(28)23-9-6-14-26-23/h3-5,7-8,10-12,15-17,23,26H,6,9,13-14H2,1-2H3/b12-11+. The molecule has 0 bridgehead atoms. The lowest BCUT2D eigenvalue weighted by atomic mass is 9.99. The van der Waals surface area contributed by atoms with Crippen molar-refractivity contribution in [2.75, 3.05) is 6.54 Å². The molecule has 1 saturated heterocycles. The van der Waals surface area contributed by atoms with Crippen molar-refractivity contribution in [3.63, 3.8) is 0 Å². The monoisotopic (exact) mass is 389 g/mol. The Balaban J connectivity index is 1.95. The molecular formula is C25H27NO3. The summed E-state index contributed by atoms with van der Waals surface area (Å²) in [6.45, 7) is 4.83. The molecule has 0 aliphatic carbocycles. The Kier molecular flexibility index (Phi) is 7.14. The molecular weight excluding hydrogens is 362 g/mol. The molecule has 1 fully saturated rings. The van der Waals surface area contributed by atoms with Gasteiger partial charge in [0.15, 0.2) is 0 Å². The first-order chi connectivity index (χ1) is 14.1. The normalized spacial score (nSPS) is 16.0. The summed E-state index contributed by atoms with van der Waals surface area (Å²) >= 11 is 0. The predicted molar refractivity (Wildman–Crippen MR) is 117 cm³/mol. The topological polar surface area (TPSA) is 55.4 Å². The molecule has 0 aromatic heterocycles. The highest BCUT2D eigenvalue weighted by Gasteiger charge is 2.25. The van der Waals surface area contributed by atoms with Crippen LogP contribution in [0.1, 0.15) is 53.7 Å². The molecule has 4 heteroatoms. The Morgan fingerprint density at radius 3 is 2.55 bits per heavy atom. The summed E-state index contributed by atoms with van der Waals surface area (Å²) in [4.78, 5) is 24.4. The van der Waals surface area contributed by atoms with Crippen molar-refractivity contribution in [3.8, 4) is 5.75 Å². The molecule has 2 aromatic rings. The van der Waals surface area contributed by atoms with Crippen molar-refractivity contribution in [2.24, 2.45) is 0 Å². The molecule has 1 heterocycles. The smallest absolute Gasteiger partial charge is 0.328 e. The number of rotatable bonds is 7. The predicted octanol–water partition coefficient (Wildman–Crippen LogP) is 4.84. The first-order valence-electron chi connectivity index (χ1n) is 10.0. The van der Waals surface area contributed by atoms with Crippen molar-refractivity contribution < 1.29 is 14.3 Å². The van der Waals surface area contributed by atoms with Crippen LogP contribution in [0, 0.1) is 0 Å². The van der Waals surface area contributed by atoms with Gasteiger partial charge >= 0.3 is 5.97 Å². The third kappa shape index (κ3) is 5.75. The van der Waals surface area contributed by atoms with Gasteiger partial charge in [-0.15, -0.1) is 0 Å². The molecule has 1 aliphatic heterocycles. The van der Waals surface area contributed by atoms with Crippen LogP contribution in [0.3, 0.4) is 0 Å². The molecule has 1 aliphatic rings. The number of hydrogen-bond donors (Lipinski definition) is 1. The molecule has 0 spiro atoms. The Morgan fingerprint density at radius 2 is 1.90 bits per heavy atom. The average molecular weight is 389 g/mol. The summed E-state index contributed by atoms with van der Waals surface area (Å²) in [6, 6.07) is 13.3. The Bertz CT molecular complexity index is 919. The minimum atomic E-state index is -0.290. The Morgan fingerprint density at radius 1 is 1.14 bits per heavy atom. The average Bonchev–Trinajstić information content (AvgIpc) is 3.26. The van der Waals surface area contributed by atoms with Gasteiger partial charge in [-0.05, 0) is 62.9 Å². The van der Waals surface area contributed by atoms with E-state index < -0.39 is 0 Å². The SMILES string of the molecule is CC(C)=CCc1c(C=O)cc(/C=C/c2ccccc2)cc1OC(=O)C1CCCN1. The minimum Gasteiger partial charge on any atom is -0.425 e. The molecule has 29 heavy (non-hydrogen) atoms. The fraction of sp³-hybridized carbons (Fsp3) is 0.280. The van der Waals surface area contributed by atoms with Gasteiger partial charge in [-0.3, -0.25) is 4.79 Å². The van der Waals surface area contributed by atoms with Gasteiger partial charge in [0.1, 0.15) is 18.1 Å². The van der Waals surface area contributed by atoms with E-state index in [9.17, 15) is 9.59 Å². The lowest BCUT2D eigenvalue weighted by Crippen LogP contribution is -2.34. The van der Waals surface area contributed by atoms with Gasteiger partial charge in [-0.2, -0.15) is 0 Å². The van der Waals surface area contributed by atoms with Crippen molar-refractivity contribution in [3.05, 3.63) is 76.4 Å². The number of carbonyl (C=O) groups is 2. The van der Waals surface area contributed by atoms with Crippen LogP contribution in [0.5, 0.6) is 5.75 Å². The second-order valence-corrected chi connectivity index (χ2v) is 7.50. The van der Waals surface area contributed by atoms with Crippen LogP contribution in [-0.2, 0) is 11.2 Å². The largest absolute Gasteiger partial charge is 0.425 e. The van der Waals surface area contributed by atoms with E-state index in [2.05, 4.69) is 5.32 Å². The first-order valence-corrected chi connectivity index (χ1v) is 10.0. The zero-order valence-electron chi connectivity index (χ0n) is 17.0. The number of esters is 1. The molecule has 0 saturated carbocycles. The maximum absolute atomic E-state index is 12.6. The second kappa shape index (κ2) is 9.99. The van der Waals surface area contributed by atoms with Gasteiger partial charge in [0.05, 0.1) is 0 Å². The summed E-state index contributed by atoms with van der Waals surface area (Å²) in [5, 5.41) is 3.17. The third-order valence-electron chi connectivity index (χ3n) is 4.93. The quantitative estimate of drug-likeness (QED) is 0.242. The molecule has 0 amide bonds. The molecule has 0 radical (unpaired) electrons. The highest BCUT2D eigenvalue weighted by molar-refractivity contribution is 5.85. The van der Waals surface area contributed by atoms with E-state index in [4.69, 9.17) is 4.74 Å². The van der Waals surface area contributed by atoms with Crippen molar-refractivity contribution in [2.45, 2.75) is 39.2 Å². The summed E-state index contributed by atoms with van der Waals surface area (Å²) in [6.07, 6.45) is 9.05. The molecule has 1 atom stereocenters. The lowest BCUT2D eigenvalue weighted by molar-refractivity contribution is -0.136. The number of benzene rings is 2. The summed E-state index contributed by atoms with van der Waals surface area (Å²) in [5.41, 5.74) is 4.30. The van der Waals surface area contributed by atoms with E-state index in [-0.39, 0.29) is 12.0 Å². The van der Waals surface area contributed by atoms with Gasteiger partial charge in [0, 0.05) is 11.1 Å². The Hall–Kier alpha value is -2.98. The maximum Gasteiger partial charge on any atom is 0.328 e. The molecule has 4 nitrogen and oxygen atoms in total. The number of ether oxygens (including phenoxy) is 1. The molecule has 1 unspecified atom stereocenters. The molecule has 1 N–H and O–H groups in total. The van der Waals surface area contributed by atoms with Gasteiger partial charge in [-0.1, -0.05) is 54.1 Å². The van der Waals surface area contributed by atoms with E-state index in [0.29, 0.717) is 17.7 Å². The fourth-order valence-electron chi connectivity index (χ4n) is 3.33. The van der Waals surface area contributed by atoms with Gasteiger partial charge in [0.25, 0.3) is 0 Å². The molecule has 3 rings (SSSR count). The lowest BCUT2D eigenvalue weighted by Gasteiger charge is -2.15. The zero-order chi connectivity index (χ0) is 20.6. The zero-order valence-corrected chi connectivity index (χ0v) is 17.0. The van der Waals surface area contributed by atoms with Crippen LogP contribution in [0.25, 0.3) is 12.2 Å². The van der Waals surface area contributed by atoms with Crippen LogP contribution in [-0.4, -0.2) is 24.8 Å². The number of hydrogen-bond acceptors (Lipinski definition) is 4. The van der Waals surface area contributed by atoms with Crippen LogP contribution in [0.15, 0.2) is 54.1 Å². The minimum absolute atomic E-state index is 0.283. The first kappa shape index (κ1) is 20.7. The van der Waals surface area contributed by atoms with Crippen LogP contribution >= 0.6 is 0 Å². The summed E-state index contributed by atoms with van der Waals surface area (Å²) in [5.74, 6) is 0.167. The fourth-order valence-corrected chi connectivity index (χ4v) is 3.33. The van der Waals surface area contributed by atoms with Crippen molar-refractivity contribution in [1.82, 2.24) is 5.32 Å².